The van der Waals surface area contributed by atoms with Crippen LogP contribution in [-0.4, -0.2) is 29.8 Å². The Morgan fingerprint density at radius 1 is 0.864 bits per heavy atom. The number of carboxylic acid groups (broad SMARTS) is 1. The lowest BCUT2D eigenvalue weighted by Crippen LogP contribution is -2.12. The molecule has 0 aliphatic rings. The van der Waals surface area contributed by atoms with Crippen molar-refractivity contribution in [2.24, 2.45) is 0 Å². The first kappa shape index (κ1) is 17.7. The van der Waals surface area contributed by atoms with Gasteiger partial charge in [-0.15, -0.1) is 0 Å². The molecule has 0 unspecified atom stereocenters. The summed E-state index contributed by atoms with van der Waals surface area (Å²) in [6.07, 6.45) is 3.16. The molecule has 0 amide bonds. The van der Waals surface area contributed by atoms with Crippen molar-refractivity contribution in [3.05, 3.63) is 35.9 Å². The van der Waals surface area contributed by atoms with Gasteiger partial charge in [-0.2, -0.15) is 0 Å². The largest absolute Gasteiger partial charge is 0.481 e. The van der Waals surface area contributed by atoms with Crippen molar-refractivity contribution in [3.63, 3.8) is 0 Å². The van der Waals surface area contributed by atoms with Crippen LogP contribution in [0.5, 0.6) is 0 Å². The van der Waals surface area contributed by atoms with Gasteiger partial charge in [0.2, 0.25) is 6.79 Å². The Morgan fingerprint density at radius 2 is 1.50 bits per heavy atom. The number of carbonyl (C=O) groups is 3. The molecular formula is C16H20O6. The molecule has 0 heterocycles. The number of esters is 2. The average molecular weight is 308 g/mol. The smallest absolute Gasteiger partial charge is 0.340 e. The molecule has 1 N–H and O–H groups in total. The van der Waals surface area contributed by atoms with Gasteiger partial charge in [-0.3, -0.25) is 9.59 Å². The first-order chi connectivity index (χ1) is 10.6. The molecular weight excluding hydrogens is 288 g/mol. The molecule has 0 aliphatic carbocycles. The van der Waals surface area contributed by atoms with Gasteiger partial charge in [-0.25, -0.2) is 4.79 Å². The third-order valence-corrected chi connectivity index (χ3v) is 2.94. The summed E-state index contributed by atoms with van der Waals surface area (Å²) in [5, 5.41) is 8.47. The number of carbonyl (C=O) groups excluding carboxylic acids is 2. The summed E-state index contributed by atoms with van der Waals surface area (Å²) in [4.78, 5) is 33.2. The molecule has 0 atom stereocenters. The summed E-state index contributed by atoms with van der Waals surface area (Å²) >= 11 is 0. The van der Waals surface area contributed by atoms with Gasteiger partial charge < -0.3 is 14.6 Å². The highest BCUT2D eigenvalue weighted by Gasteiger charge is 2.08. The van der Waals surface area contributed by atoms with Gasteiger partial charge in [0.15, 0.2) is 0 Å². The molecule has 6 nitrogen and oxygen atoms in total. The monoisotopic (exact) mass is 308 g/mol. The van der Waals surface area contributed by atoms with E-state index in [-0.39, 0.29) is 12.8 Å². The van der Waals surface area contributed by atoms with E-state index in [1.165, 1.54) is 0 Å². The Balaban J connectivity index is 2.04. The molecule has 0 bridgehead atoms. The van der Waals surface area contributed by atoms with E-state index in [2.05, 4.69) is 0 Å². The SMILES string of the molecule is O=C(O)CCCCCCC(=O)OCOC(=O)c1ccccc1. The van der Waals surface area contributed by atoms with Crippen LogP contribution in [0.2, 0.25) is 0 Å². The van der Waals surface area contributed by atoms with Gasteiger partial charge in [-0.1, -0.05) is 31.0 Å². The molecule has 0 fully saturated rings. The number of rotatable bonds is 10. The molecule has 0 aromatic heterocycles. The predicted octanol–water partition coefficient (Wildman–Crippen LogP) is 2.77. The Bertz CT molecular complexity index is 483. The van der Waals surface area contributed by atoms with Crippen molar-refractivity contribution >= 4 is 17.9 Å². The molecule has 120 valence electrons. The zero-order valence-corrected chi connectivity index (χ0v) is 12.3. The lowest BCUT2D eigenvalue weighted by molar-refractivity contribution is -0.152. The fourth-order valence-electron chi connectivity index (χ4n) is 1.78. The minimum Gasteiger partial charge on any atom is -0.481 e. The van der Waals surface area contributed by atoms with Gasteiger partial charge in [-0.05, 0) is 25.0 Å². The number of carboxylic acids is 1. The second-order valence-electron chi connectivity index (χ2n) is 4.74. The minimum atomic E-state index is -0.806. The predicted molar refractivity (Wildman–Crippen MR) is 78.2 cm³/mol. The highest BCUT2D eigenvalue weighted by atomic mass is 16.7. The number of hydrogen-bond acceptors (Lipinski definition) is 5. The molecule has 0 spiro atoms. The van der Waals surface area contributed by atoms with Crippen LogP contribution in [0.15, 0.2) is 30.3 Å². The molecule has 1 aromatic rings. The summed E-state index contributed by atoms with van der Waals surface area (Å²) in [6.45, 7) is -0.397. The molecule has 22 heavy (non-hydrogen) atoms. The van der Waals surface area contributed by atoms with Gasteiger partial charge in [0.25, 0.3) is 0 Å². The average Bonchev–Trinajstić information content (AvgIpc) is 2.51. The first-order valence-corrected chi connectivity index (χ1v) is 7.19. The van der Waals surface area contributed by atoms with Crippen LogP contribution < -0.4 is 0 Å². The maximum atomic E-state index is 11.6. The van der Waals surface area contributed by atoms with Crippen molar-refractivity contribution in [2.75, 3.05) is 6.79 Å². The Morgan fingerprint density at radius 3 is 2.14 bits per heavy atom. The maximum Gasteiger partial charge on any atom is 0.340 e. The molecule has 0 saturated heterocycles. The second kappa shape index (κ2) is 10.4. The van der Waals surface area contributed by atoms with Crippen molar-refractivity contribution in [1.82, 2.24) is 0 Å². The lowest BCUT2D eigenvalue weighted by atomic mass is 10.1. The molecule has 0 radical (unpaired) electrons. The fourth-order valence-corrected chi connectivity index (χ4v) is 1.78. The fraction of sp³-hybridized carbons (Fsp3) is 0.438. The van der Waals surface area contributed by atoms with Crippen molar-refractivity contribution < 1.29 is 29.0 Å². The van der Waals surface area contributed by atoms with Crippen LogP contribution >= 0.6 is 0 Å². The standard InChI is InChI=1S/C16H20O6/c17-14(18)10-6-1-2-7-11-15(19)21-12-22-16(20)13-8-4-3-5-9-13/h3-5,8-9H,1-2,6-7,10-12H2,(H,17,18). The van der Waals surface area contributed by atoms with Crippen molar-refractivity contribution in [3.8, 4) is 0 Å². The van der Waals surface area contributed by atoms with E-state index in [4.69, 9.17) is 14.6 Å². The molecule has 1 rings (SSSR count). The van der Waals surface area contributed by atoms with E-state index in [0.29, 0.717) is 18.4 Å². The van der Waals surface area contributed by atoms with E-state index in [1.807, 2.05) is 0 Å². The summed E-state index contributed by atoms with van der Waals surface area (Å²) in [5.41, 5.74) is 0.400. The Kier molecular flexibility index (Phi) is 8.33. The molecule has 1 aromatic carbocycles. The summed E-state index contributed by atoms with van der Waals surface area (Å²) in [5.74, 6) is -1.78. The third-order valence-electron chi connectivity index (χ3n) is 2.94. The topological polar surface area (TPSA) is 89.9 Å². The van der Waals surface area contributed by atoms with Gasteiger partial charge in [0.1, 0.15) is 0 Å². The van der Waals surface area contributed by atoms with Crippen molar-refractivity contribution in [1.29, 1.82) is 0 Å². The van der Waals surface area contributed by atoms with Crippen molar-refractivity contribution in [2.45, 2.75) is 38.5 Å². The first-order valence-electron chi connectivity index (χ1n) is 7.19. The molecule has 0 aliphatic heterocycles. The summed E-state index contributed by atoms with van der Waals surface area (Å²) in [7, 11) is 0. The highest BCUT2D eigenvalue weighted by Crippen LogP contribution is 2.06. The van der Waals surface area contributed by atoms with Crippen LogP contribution in [0.4, 0.5) is 0 Å². The quantitative estimate of drug-likeness (QED) is 0.406. The number of ether oxygens (including phenoxy) is 2. The highest BCUT2D eigenvalue weighted by molar-refractivity contribution is 5.89. The van der Waals surface area contributed by atoms with E-state index < -0.39 is 24.7 Å². The van der Waals surface area contributed by atoms with Crippen LogP contribution in [0.3, 0.4) is 0 Å². The zero-order valence-electron chi connectivity index (χ0n) is 12.3. The normalized spacial score (nSPS) is 10.0. The van der Waals surface area contributed by atoms with Gasteiger partial charge in [0.05, 0.1) is 5.56 Å². The molecule has 6 heteroatoms. The van der Waals surface area contributed by atoms with Gasteiger partial charge >= 0.3 is 17.9 Å². The number of hydrogen-bond donors (Lipinski definition) is 1. The van der Waals surface area contributed by atoms with E-state index in [9.17, 15) is 14.4 Å². The number of aliphatic carboxylic acids is 1. The zero-order chi connectivity index (χ0) is 16.2. The van der Waals surface area contributed by atoms with Crippen LogP contribution in [-0.2, 0) is 19.1 Å². The Labute approximate surface area is 129 Å². The number of unbranched alkanes of at least 4 members (excludes halogenated alkanes) is 3. The minimum absolute atomic E-state index is 0.153. The summed E-state index contributed by atoms with van der Waals surface area (Å²) < 4.78 is 9.63. The van der Waals surface area contributed by atoms with Crippen LogP contribution in [0.1, 0.15) is 48.9 Å². The number of benzene rings is 1. The van der Waals surface area contributed by atoms with E-state index >= 15 is 0 Å². The van der Waals surface area contributed by atoms with Gasteiger partial charge in [0, 0.05) is 12.8 Å². The van der Waals surface area contributed by atoms with E-state index in [1.54, 1.807) is 30.3 Å². The second-order valence-corrected chi connectivity index (χ2v) is 4.74. The molecule has 0 saturated carbocycles. The maximum absolute atomic E-state index is 11.6. The van der Waals surface area contributed by atoms with E-state index in [0.717, 1.165) is 12.8 Å². The van der Waals surface area contributed by atoms with Crippen LogP contribution in [0.25, 0.3) is 0 Å². The lowest BCUT2D eigenvalue weighted by Gasteiger charge is -2.06. The third kappa shape index (κ3) is 8.04. The Hall–Kier alpha value is -2.37. The summed E-state index contributed by atoms with van der Waals surface area (Å²) in [6, 6.07) is 8.44. The van der Waals surface area contributed by atoms with Crippen LogP contribution in [0, 0.1) is 0 Å².